The Hall–Kier alpha value is -2.53. The zero-order chi connectivity index (χ0) is 25.4. The van der Waals surface area contributed by atoms with Gasteiger partial charge >= 0.3 is 5.97 Å². The maximum Gasteiger partial charge on any atom is 0.331 e. The highest BCUT2D eigenvalue weighted by Crippen LogP contribution is 2.87. The zero-order valence-electron chi connectivity index (χ0n) is 21.5. The molecule has 4 spiro atoms. The molecule has 2 heterocycles. The van der Waals surface area contributed by atoms with Gasteiger partial charge in [0.15, 0.2) is 11.6 Å². The van der Waals surface area contributed by atoms with Crippen molar-refractivity contribution in [3.8, 4) is 0 Å². The van der Waals surface area contributed by atoms with Crippen LogP contribution in [0.1, 0.15) is 70.3 Å². The summed E-state index contributed by atoms with van der Waals surface area (Å²) in [5.74, 6) is -0.0456. The molecule has 1 aromatic carbocycles. The Bertz CT molecular complexity index is 1310. The third kappa shape index (κ3) is 2.25. The van der Waals surface area contributed by atoms with Gasteiger partial charge in [0.25, 0.3) is 0 Å². The van der Waals surface area contributed by atoms with E-state index in [0.29, 0.717) is 18.4 Å². The van der Waals surface area contributed by atoms with Gasteiger partial charge in [-0.1, -0.05) is 43.8 Å². The highest BCUT2D eigenvalue weighted by atomic mass is 16.6. The first-order valence-corrected chi connectivity index (χ1v) is 14.2. The number of allylic oxidation sites excluding steroid dienone is 1. The number of fused-ring (bicyclic) bond motifs is 3. The van der Waals surface area contributed by atoms with Crippen molar-refractivity contribution >= 4 is 23.6 Å². The predicted octanol–water partition coefficient (Wildman–Crippen LogP) is 5.23. The molecular formula is C32H34O5. The lowest BCUT2D eigenvalue weighted by atomic mass is 9.35. The second-order valence-corrected chi connectivity index (χ2v) is 13.3. The average Bonchev–Trinajstić information content (AvgIpc) is 3.41. The quantitative estimate of drug-likeness (QED) is 0.421. The second-order valence-electron chi connectivity index (χ2n) is 13.3. The van der Waals surface area contributed by atoms with Gasteiger partial charge in [-0.15, -0.1) is 0 Å². The number of benzene rings is 1. The van der Waals surface area contributed by atoms with Crippen molar-refractivity contribution in [3.05, 3.63) is 54.1 Å². The summed E-state index contributed by atoms with van der Waals surface area (Å²) in [7, 11) is 0. The molecule has 5 nitrogen and oxygen atoms in total. The van der Waals surface area contributed by atoms with Crippen molar-refractivity contribution in [2.75, 3.05) is 0 Å². The van der Waals surface area contributed by atoms with Gasteiger partial charge < -0.3 is 9.47 Å². The molecule has 2 saturated heterocycles. The molecule has 0 radical (unpaired) electrons. The first kappa shape index (κ1) is 22.5. The minimum Gasteiger partial charge on any atom is -0.458 e. The largest absolute Gasteiger partial charge is 0.458 e. The number of carbonyl (C=O) groups is 3. The van der Waals surface area contributed by atoms with E-state index >= 15 is 0 Å². The average molecular weight is 499 g/mol. The van der Waals surface area contributed by atoms with Crippen LogP contribution in [0, 0.1) is 34.0 Å². The topological polar surface area (TPSA) is 69.7 Å². The number of ether oxygens (including phenoxy) is 2. The summed E-state index contributed by atoms with van der Waals surface area (Å²) < 4.78 is 13.3. The standard InChI is InChI=1S/C32H34O5/c1-19-21-11-14-30(26(19)34)23(17-21)32-22(18-24(30)36-25(33)10-9-20-7-4-3-5-8-20)28(2)15-16-29(28)12-6-13-31(32,37-29)27(32)35/h3-5,7-10,21-24H,1,6,11-18H2,2H3. The van der Waals surface area contributed by atoms with Gasteiger partial charge in [-0.2, -0.15) is 0 Å². The molecule has 0 amide bonds. The predicted molar refractivity (Wildman–Crippen MR) is 136 cm³/mol. The highest BCUT2D eigenvalue weighted by Gasteiger charge is 2.95. The van der Waals surface area contributed by atoms with Crippen LogP contribution in [-0.4, -0.2) is 34.8 Å². The van der Waals surface area contributed by atoms with Crippen LogP contribution in [0.4, 0.5) is 0 Å². The van der Waals surface area contributed by atoms with Gasteiger partial charge in [-0.3, -0.25) is 9.59 Å². The van der Waals surface area contributed by atoms with Crippen LogP contribution in [0.15, 0.2) is 48.6 Å². The number of hydrogen-bond donors (Lipinski definition) is 0. The second kappa shape index (κ2) is 6.72. The SMILES string of the molecule is C=C1C(=O)C23CCC1CC2C12C(=O)C14CCCC1(CCC1(C)C2CC3OC(=O)C=Cc1ccccc1)O4. The van der Waals surface area contributed by atoms with E-state index in [1.54, 1.807) is 6.08 Å². The van der Waals surface area contributed by atoms with E-state index in [1.165, 1.54) is 6.08 Å². The molecule has 9 rings (SSSR count). The number of ketones is 2. The number of Topliss-reactive ketones (excluding diaryl/α,β-unsaturated/α-hetero) is 2. The fourth-order valence-electron chi connectivity index (χ4n) is 10.8. The van der Waals surface area contributed by atoms with Gasteiger partial charge in [0.05, 0.1) is 16.4 Å². The van der Waals surface area contributed by atoms with E-state index in [4.69, 9.17) is 9.47 Å². The molecule has 6 saturated carbocycles. The number of esters is 1. The van der Waals surface area contributed by atoms with Crippen LogP contribution < -0.4 is 0 Å². The molecule has 0 N–H and O–H groups in total. The molecule has 6 aliphatic carbocycles. The molecule has 5 heteroatoms. The molecule has 9 atom stereocenters. The normalized spacial score (nSPS) is 50.5. The Labute approximate surface area is 217 Å². The monoisotopic (exact) mass is 498 g/mol. The first-order valence-electron chi connectivity index (χ1n) is 14.2. The molecule has 37 heavy (non-hydrogen) atoms. The summed E-state index contributed by atoms with van der Waals surface area (Å²) in [5.41, 5.74) is -0.958. The summed E-state index contributed by atoms with van der Waals surface area (Å²) in [4.78, 5) is 41.5. The summed E-state index contributed by atoms with van der Waals surface area (Å²) >= 11 is 0. The van der Waals surface area contributed by atoms with Gasteiger partial charge in [0.2, 0.25) is 0 Å². The molecule has 8 aliphatic rings. The van der Waals surface area contributed by atoms with E-state index in [1.807, 2.05) is 30.3 Å². The van der Waals surface area contributed by atoms with E-state index in [9.17, 15) is 14.4 Å². The highest BCUT2D eigenvalue weighted by molar-refractivity contribution is 6.15. The van der Waals surface area contributed by atoms with Crippen LogP contribution >= 0.6 is 0 Å². The molecule has 4 bridgehead atoms. The molecule has 192 valence electrons. The van der Waals surface area contributed by atoms with E-state index in [2.05, 4.69) is 13.5 Å². The number of carbonyl (C=O) groups excluding carboxylic acids is 3. The molecular weight excluding hydrogens is 464 g/mol. The molecule has 8 fully saturated rings. The first-order chi connectivity index (χ1) is 17.8. The smallest absolute Gasteiger partial charge is 0.331 e. The minimum absolute atomic E-state index is 0.0407. The zero-order valence-corrected chi connectivity index (χ0v) is 21.5. The fraction of sp³-hybridized carbons (Fsp3) is 0.594. The van der Waals surface area contributed by atoms with Crippen LogP contribution in [0.3, 0.4) is 0 Å². The van der Waals surface area contributed by atoms with Crippen molar-refractivity contribution in [1.29, 1.82) is 0 Å². The lowest BCUT2D eigenvalue weighted by molar-refractivity contribution is -0.349. The van der Waals surface area contributed by atoms with Crippen LogP contribution in [0.5, 0.6) is 0 Å². The Kier molecular flexibility index (Phi) is 4.08. The van der Waals surface area contributed by atoms with E-state index in [-0.39, 0.29) is 40.3 Å². The van der Waals surface area contributed by atoms with Gasteiger partial charge in [-0.05, 0) is 92.8 Å². The summed E-state index contributed by atoms with van der Waals surface area (Å²) in [5, 5.41) is 0. The fourth-order valence-corrected chi connectivity index (χ4v) is 10.8. The Morgan fingerprint density at radius 2 is 1.86 bits per heavy atom. The van der Waals surface area contributed by atoms with Crippen molar-refractivity contribution in [1.82, 2.24) is 0 Å². The maximum absolute atomic E-state index is 14.2. The summed E-state index contributed by atoms with van der Waals surface area (Å²) in [6.07, 6.45) is 10.4. The van der Waals surface area contributed by atoms with E-state index in [0.717, 1.165) is 50.5 Å². The van der Waals surface area contributed by atoms with Crippen LogP contribution in [0.2, 0.25) is 0 Å². The van der Waals surface area contributed by atoms with Crippen molar-refractivity contribution < 1.29 is 23.9 Å². The van der Waals surface area contributed by atoms with Crippen molar-refractivity contribution in [3.63, 3.8) is 0 Å². The third-order valence-corrected chi connectivity index (χ3v) is 12.5. The molecule has 9 unspecified atom stereocenters. The molecule has 0 aromatic heterocycles. The van der Waals surface area contributed by atoms with Crippen molar-refractivity contribution in [2.45, 2.75) is 82.0 Å². The van der Waals surface area contributed by atoms with Crippen LogP contribution in [0.25, 0.3) is 6.08 Å². The molecule has 2 aliphatic heterocycles. The minimum atomic E-state index is -0.862. The molecule has 1 aromatic rings. The van der Waals surface area contributed by atoms with Crippen LogP contribution in [-0.2, 0) is 23.9 Å². The third-order valence-electron chi connectivity index (χ3n) is 12.5. The summed E-state index contributed by atoms with van der Waals surface area (Å²) in [6.45, 7) is 6.52. The van der Waals surface area contributed by atoms with Gasteiger partial charge in [0, 0.05) is 11.5 Å². The lowest BCUT2D eigenvalue weighted by Crippen LogP contribution is -2.75. The van der Waals surface area contributed by atoms with Gasteiger partial charge in [-0.25, -0.2) is 4.79 Å². The number of hydrogen-bond acceptors (Lipinski definition) is 5. The Morgan fingerprint density at radius 3 is 2.62 bits per heavy atom. The van der Waals surface area contributed by atoms with Crippen molar-refractivity contribution in [2.24, 2.45) is 34.0 Å². The Morgan fingerprint density at radius 1 is 1.05 bits per heavy atom. The maximum atomic E-state index is 14.2. The lowest BCUT2D eigenvalue weighted by Gasteiger charge is -2.73. The number of rotatable bonds is 3. The Balaban J connectivity index is 1.23. The van der Waals surface area contributed by atoms with Gasteiger partial charge in [0.1, 0.15) is 11.7 Å². The van der Waals surface area contributed by atoms with E-state index < -0.39 is 28.5 Å². The summed E-state index contributed by atoms with van der Waals surface area (Å²) in [6, 6.07) is 9.68.